The molecule has 1 saturated carbocycles. The van der Waals surface area contributed by atoms with Gasteiger partial charge in [0.1, 0.15) is 0 Å². The van der Waals surface area contributed by atoms with Crippen LogP contribution in [0.3, 0.4) is 0 Å². The van der Waals surface area contributed by atoms with E-state index in [2.05, 4.69) is 35.3 Å². The van der Waals surface area contributed by atoms with Gasteiger partial charge in [0.05, 0.1) is 11.9 Å². The van der Waals surface area contributed by atoms with Crippen LogP contribution in [0.1, 0.15) is 41.8 Å². The van der Waals surface area contributed by atoms with Gasteiger partial charge >= 0.3 is 12.0 Å². The second-order valence-electron chi connectivity index (χ2n) is 6.05. The van der Waals surface area contributed by atoms with E-state index in [1.54, 1.807) is 0 Å². The lowest BCUT2D eigenvalue weighted by Gasteiger charge is -2.21. The first-order chi connectivity index (χ1) is 11.7. The molecule has 1 N–H and O–H groups in total. The SMILES string of the molecule is CCN(c1ncc(C(=O)O)o1)c1ccc(C2CC2)c2ccccc12. The molecule has 0 bridgehead atoms. The number of carboxylic acid groups (broad SMARTS) is 1. The van der Waals surface area contributed by atoms with Gasteiger partial charge in [0.25, 0.3) is 0 Å². The average molecular weight is 322 g/mol. The van der Waals surface area contributed by atoms with Crippen LogP contribution in [0.2, 0.25) is 0 Å². The lowest BCUT2D eigenvalue weighted by molar-refractivity contribution is 0.0663. The minimum Gasteiger partial charge on any atom is -0.475 e. The Labute approximate surface area is 139 Å². The van der Waals surface area contributed by atoms with Crippen LogP contribution in [0.4, 0.5) is 11.7 Å². The molecule has 1 fully saturated rings. The molecule has 0 atom stereocenters. The Morgan fingerprint density at radius 3 is 2.62 bits per heavy atom. The van der Waals surface area contributed by atoms with E-state index in [1.807, 2.05) is 17.9 Å². The highest BCUT2D eigenvalue weighted by Gasteiger charge is 2.26. The van der Waals surface area contributed by atoms with E-state index in [1.165, 1.54) is 30.0 Å². The maximum atomic E-state index is 11.0. The van der Waals surface area contributed by atoms with Crippen molar-refractivity contribution in [1.82, 2.24) is 4.98 Å². The highest BCUT2D eigenvalue weighted by atomic mass is 16.4. The van der Waals surface area contributed by atoms with Gasteiger partial charge in [-0.25, -0.2) is 9.78 Å². The van der Waals surface area contributed by atoms with Crippen molar-refractivity contribution in [3.63, 3.8) is 0 Å². The number of carbonyl (C=O) groups is 1. The Morgan fingerprint density at radius 1 is 1.25 bits per heavy atom. The van der Waals surface area contributed by atoms with Crippen molar-refractivity contribution in [3.8, 4) is 0 Å². The van der Waals surface area contributed by atoms with Crippen molar-refractivity contribution in [1.29, 1.82) is 0 Å². The summed E-state index contributed by atoms with van der Waals surface area (Å²) in [5.41, 5.74) is 2.38. The van der Waals surface area contributed by atoms with Crippen LogP contribution >= 0.6 is 0 Å². The summed E-state index contributed by atoms with van der Waals surface area (Å²) in [6.07, 6.45) is 3.76. The highest BCUT2D eigenvalue weighted by Crippen LogP contribution is 2.45. The van der Waals surface area contributed by atoms with Crippen molar-refractivity contribution in [2.75, 3.05) is 11.4 Å². The molecule has 1 aromatic heterocycles. The van der Waals surface area contributed by atoms with Crippen LogP contribution in [-0.4, -0.2) is 22.6 Å². The molecule has 1 heterocycles. The summed E-state index contributed by atoms with van der Waals surface area (Å²) in [5, 5.41) is 11.4. The Balaban J connectivity index is 1.84. The van der Waals surface area contributed by atoms with Crippen LogP contribution < -0.4 is 4.90 Å². The van der Waals surface area contributed by atoms with Crippen LogP contribution in [-0.2, 0) is 0 Å². The first-order valence-electron chi connectivity index (χ1n) is 8.17. The molecular formula is C19H18N2O3. The number of nitrogens with zero attached hydrogens (tertiary/aromatic N) is 2. The zero-order valence-electron chi connectivity index (χ0n) is 13.4. The third kappa shape index (κ3) is 2.42. The molecule has 0 spiro atoms. The number of aromatic carboxylic acids is 1. The summed E-state index contributed by atoms with van der Waals surface area (Å²) in [6, 6.07) is 12.9. The molecule has 2 aromatic carbocycles. The summed E-state index contributed by atoms with van der Waals surface area (Å²) >= 11 is 0. The van der Waals surface area contributed by atoms with Gasteiger partial charge < -0.3 is 9.52 Å². The highest BCUT2D eigenvalue weighted by molar-refractivity contribution is 5.98. The van der Waals surface area contributed by atoms with Gasteiger partial charge in [-0.05, 0) is 42.7 Å². The van der Waals surface area contributed by atoms with Gasteiger partial charge in [0.2, 0.25) is 5.76 Å². The second-order valence-corrected chi connectivity index (χ2v) is 6.05. The van der Waals surface area contributed by atoms with E-state index < -0.39 is 5.97 Å². The normalized spacial score (nSPS) is 14.0. The summed E-state index contributed by atoms with van der Waals surface area (Å²) < 4.78 is 5.41. The van der Waals surface area contributed by atoms with E-state index in [0.29, 0.717) is 18.5 Å². The standard InChI is InChI=1S/C19H18N2O3/c1-2-21(19-20-11-17(24-19)18(22)23)16-10-9-13(12-7-8-12)14-5-3-4-6-15(14)16/h3-6,9-12H,2,7-8H2,1H3,(H,22,23). The molecule has 3 aromatic rings. The monoisotopic (exact) mass is 322 g/mol. The van der Waals surface area contributed by atoms with Gasteiger partial charge in [-0.3, -0.25) is 4.90 Å². The van der Waals surface area contributed by atoms with Gasteiger partial charge in [0, 0.05) is 11.9 Å². The number of benzene rings is 2. The van der Waals surface area contributed by atoms with Crippen LogP contribution in [0.5, 0.6) is 0 Å². The Kier molecular flexibility index (Phi) is 3.49. The Hall–Kier alpha value is -2.82. The maximum Gasteiger partial charge on any atom is 0.373 e. The summed E-state index contributed by atoms with van der Waals surface area (Å²) in [6.45, 7) is 2.63. The molecule has 1 aliphatic rings. The van der Waals surface area contributed by atoms with Gasteiger partial charge in [-0.1, -0.05) is 30.3 Å². The fraction of sp³-hybridized carbons (Fsp3) is 0.263. The average Bonchev–Trinajstić information content (AvgIpc) is 3.32. The number of rotatable bonds is 5. The number of anilines is 2. The number of hydrogen-bond donors (Lipinski definition) is 1. The number of fused-ring (bicyclic) bond motifs is 1. The minimum absolute atomic E-state index is 0.151. The van der Waals surface area contributed by atoms with Crippen molar-refractivity contribution >= 4 is 28.4 Å². The molecule has 0 unspecified atom stereocenters. The summed E-state index contributed by atoms with van der Waals surface area (Å²) in [4.78, 5) is 17.1. The predicted molar refractivity (Wildman–Crippen MR) is 92.1 cm³/mol. The van der Waals surface area contributed by atoms with E-state index in [0.717, 1.165) is 11.1 Å². The lowest BCUT2D eigenvalue weighted by Crippen LogP contribution is -2.16. The summed E-state index contributed by atoms with van der Waals surface area (Å²) in [5.74, 6) is -0.597. The Bertz CT molecular complexity index is 912. The fourth-order valence-electron chi connectivity index (χ4n) is 3.19. The van der Waals surface area contributed by atoms with E-state index >= 15 is 0 Å². The largest absolute Gasteiger partial charge is 0.475 e. The van der Waals surface area contributed by atoms with E-state index in [9.17, 15) is 4.79 Å². The third-order valence-corrected chi connectivity index (χ3v) is 4.49. The maximum absolute atomic E-state index is 11.0. The topological polar surface area (TPSA) is 66.6 Å². The van der Waals surface area contributed by atoms with Crippen molar-refractivity contribution in [2.45, 2.75) is 25.7 Å². The minimum atomic E-state index is -1.11. The van der Waals surface area contributed by atoms with Crippen molar-refractivity contribution < 1.29 is 14.3 Å². The first kappa shape index (κ1) is 14.8. The van der Waals surface area contributed by atoms with Gasteiger partial charge in [-0.2, -0.15) is 0 Å². The predicted octanol–water partition coefficient (Wildman–Crippen LogP) is 4.56. The number of aromatic nitrogens is 1. The molecule has 122 valence electrons. The van der Waals surface area contributed by atoms with Gasteiger partial charge in [0.15, 0.2) is 0 Å². The molecule has 5 nitrogen and oxygen atoms in total. The van der Waals surface area contributed by atoms with E-state index in [4.69, 9.17) is 9.52 Å². The quantitative estimate of drug-likeness (QED) is 0.746. The lowest BCUT2D eigenvalue weighted by atomic mass is 9.99. The number of oxazole rings is 1. The zero-order valence-corrected chi connectivity index (χ0v) is 13.4. The zero-order chi connectivity index (χ0) is 16.7. The molecule has 0 amide bonds. The van der Waals surface area contributed by atoms with Crippen LogP contribution in [0, 0.1) is 0 Å². The molecule has 0 radical (unpaired) electrons. The fourth-order valence-corrected chi connectivity index (χ4v) is 3.19. The molecule has 24 heavy (non-hydrogen) atoms. The molecule has 0 saturated heterocycles. The van der Waals surface area contributed by atoms with E-state index in [-0.39, 0.29) is 5.76 Å². The Morgan fingerprint density at radius 2 is 2.00 bits per heavy atom. The molecule has 5 heteroatoms. The molecule has 0 aliphatic heterocycles. The molecule has 1 aliphatic carbocycles. The smallest absolute Gasteiger partial charge is 0.373 e. The number of carboxylic acids is 1. The third-order valence-electron chi connectivity index (χ3n) is 4.49. The van der Waals surface area contributed by atoms with Crippen LogP contribution in [0.15, 0.2) is 47.0 Å². The van der Waals surface area contributed by atoms with Gasteiger partial charge in [-0.15, -0.1) is 0 Å². The molecule has 4 rings (SSSR count). The van der Waals surface area contributed by atoms with Crippen LogP contribution in [0.25, 0.3) is 10.8 Å². The molecular weight excluding hydrogens is 304 g/mol. The van der Waals surface area contributed by atoms with Crippen molar-refractivity contribution in [3.05, 3.63) is 53.9 Å². The van der Waals surface area contributed by atoms with Crippen molar-refractivity contribution in [2.24, 2.45) is 0 Å². The number of hydrogen-bond acceptors (Lipinski definition) is 4. The first-order valence-corrected chi connectivity index (χ1v) is 8.17. The summed E-state index contributed by atoms with van der Waals surface area (Å²) in [7, 11) is 0. The second kappa shape index (κ2) is 5.67.